The first-order valence-corrected chi connectivity index (χ1v) is 3.93. The van der Waals surface area contributed by atoms with Gasteiger partial charge in [0.05, 0.1) is 12.6 Å². The van der Waals surface area contributed by atoms with Crippen molar-refractivity contribution in [1.82, 2.24) is 10.9 Å². The van der Waals surface area contributed by atoms with Crippen LogP contribution in [0.1, 0.15) is 6.92 Å². The quantitative estimate of drug-likeness (QED) is 0.499. The lowest BCUT2D eigenvalue weighted by atomic mass is 10.2. The largest absolute Gasteiger partial charge is 0.395 e. The molecule has 1 aliphatic heterocycles. The Kier molecular flexibility index (Phi) is 2.46. The van der Waals surface area contributed by atoms with Crippen LogP contribution in [0, 0.1) is 0 Å². The van der Waals surface area contributed by atoms with E-state index in [9.17, 15) is 0 Å². The lowest BCUT2D eigenvalue weighted by Gasteiger charge is -2.09. The van der Waals surface area contributed by atoms with Crippen LogP contribution >= 0.6 is 15.9 Å². The SMILES string of the molecule is CC1NNC(CO)C1Br. The first-order chi connectivity index (χ1) is 4.25. The van der Waals surface area contributed by atoms with Crippen LogP contribution in [-0.2, 0) is 0 Å². The Morgan fingerprint density at radius 1 is 1.56 bits per heavy atom. The maximum absolute atomic E-state index is 8.72. The topological polar surface area (TPSA) is 44.3 Å². The average molecular weight is 195 g/mol. The molecule has 0 aromatic rings. The molecule has 0 radical (unpaired) electrons. The Morgan fingerprint density at radius 2 is 2.22 bits per heavy atom. The van der Waals surface area contributed by atoms with Crippen LogP contribution in [0.4, 0.5) is 0 Å². The van der Waals surface area contributed by atoms with Gasteiger partial charge in [0.1, 0.15) is 0 Å². The van der Waals surface area contributed by atoms with Gasteiger partial charge in [0.15, 0.2) is 0 Å². The Morgan fingerprint density at radius 3 is 2.44 bits per heavy atom. The molecule has 54 valence electrons. The van der Waals surface area contributed by atoms with Gasteiger partial charge in [0, 0.05) is 10.9 Å². The Balaban J connectivity index is 2.41. The summed E-state index contributed by atoms with van der Waals surface area (Å²) in [7, 11) is 0. The number of hydrazine groups is 1. The van der Waals surface area contributed by atoms with Gasteiger partial charge in [-0.1, -0.05) is 15.9 Å². The zero-order valence-corrected chi connectivity index (χ0v) is 6.85. The normalized spacial score (nSPS) is 43.7. The van der Waals surface area contributed by atoms with Crippen molar-refractivity contribution < 1.29 is 5.11 Å². The van der Waals surface area contributed by atoms with E-state index in [1.807, 2.05) is 0 Å². The number of hydrogen-bond donors (Lipinski definition) is 3. The van der Waals surface area contributed by atoms with E-state index in [-0.39, 0.29) is 12.6 Å². The Bertz CT molecular complexity index is 101. The fourth-order valence-electron chi connectivity index (χ4n) is 0.893. The molecule has 0 saturated carbocycles. The molecule has 1 heterocycles. The van der Waals surface area contributed by atoms with Crippen LogP contribution in [0.2, 0.25) is 0 Å². The molecule has 0 amide bonds. The molecule has 0 bridgehead atoms. The zero-order chi connectivity index (χ0) is 6.85. The summed E-state index contributed by atoms with van der Waals surface area (Å²) in [6.07, 6.45) is 0. The fraction of sp³-hybridized carbons (Fsp3) is 1.00. The van der Waals surface area contributed by atoms with Crippen LogP contribution < -0.4 is 10.9 Å². The van der Waals surface area contributed by atoms with Crippen LogP contribution in [0.25, 0.3) is 0 Å². The second kappa shape index (κ2) is 2.96. The molecule has 9 heavy (non-hydrogen) atoms. The van der Waals surface area contributed by atoms with Crippen molar-refractivity contribution >= 4 is 15.9 Å². The van der Waals surface area contributed by atoms with Gasteiger partial charge in [0.2, 0.25) is 0 Å². The first-order valence-electron chi connectivity index (χ1n) is 3.01. The van der Waals surface area contributed by atoms with Gasteiger partial charge >= 0.3 is 0 Å². The van der Waals surface area contributed by atoms with Crippen molar-refractivity contribution in [2.75, 3.05) is 6.61 Å². The van der Waals surface area contributed by atoms with Crippen molar-refractivity contribution in [3.05, 3.63) is 0 Å². The van der Waals surface area contributed by atoms with Crippen molar-refractivity contribution in [2.45, 2.75) is 23.8 Å². The number of halogens is 1. The summed E-state index contributed by atoms with van der Waals surface area (Å²) in [6, 6.07) is 0.544. The molecule has 3 nitrogen and oxygen atoms in total. The summed E-state index contributed by atoms with van der Waals surface area (Å²) in [5.74, 6) is 0. The average Bonchev–Trinajstić information content (AvgIpc) is 2.15. The summed E-state index contributed by atoms with van der Waals surface area (Å²) in [5.41, 5.74) is 5.97. The molecule has 1 rings (SSSR count). The van der Waals surface area contributed by atoms with E-state index in [1.165, 1.54) is 0 Å². The first kappa shape index (κ1) is 7.47. The highest BCUT2D eigenvalue weighted by Crippen LogP contribution is 2.14. The summed E-state index contributed by atoms with van der Waals surface area (Å²) in [4.78, 5) is 0.336. The number of alkyl halides is 1. The van der Waals surface area contributed by atoms with E-state index in [0.29, 0.717) is 10.9 Å². The molecule has 1 fully saturated rings. The summed E-state index contributed by atoms with van der Waals surface area (Å²) in [6.45, 7) is 2.23. The third-order valence-corrected chi connectivity index (χ3v) is 2.99. The summed E-state index contributed by atoms with van der Waals surface area (Å²) in [5, 5.41) is 8.72. The Hall–Kier alpha value is 0.360. The molecule has 3 N–H and O–H groups in total. The third-order valence-electron chi connectivity index (χ3n) is 1.56. The van der Waals surface area contributed by atoms with Crippen molar-refractivity contribution in [3.8, 4) is 0 Å². The maximum Gasteiger partial charge on any atom is 0.0609 e. The van der Waals surface area contributed by atoms with Crippen LogP contribution in [-0.4, -0.2) is 28.6 Å². The predicted molar refractivity (Wildman–Crippen MR) is 39.3 cm³/mol. The number of nitrogens with one attached hydrogen (secondary N) is 2. The number of aliphatic hydroxyl groups excluding tert-OH is 1. The lowest BCUT2D eigenvalue weighted by Crippen LogP contribution is -2.34. The minimum absolute atomic E-state index is 0.153. The molecule has 0 aliphatic carbocycles. The molecule has 3 unspecified atom stereocenters. The molecule has 1 saturated heterocycles. The molecular weight excluding hydrogens is 184 g/mol. The van der Waals surface area contributed by atoms with Gasteiger partial charge in [-0.25, -0.2) is 0 Å². The predicted octanol–water partition coefficient (Wildman–Crippen LogP) is -0.393. The molecule has 0 aromatic heterocycles. The molecular formula is C5H11BrN2O. The molecule has 3 atom stereocenters. The van der Waals surface area contributed by atoms with E-state index in [1.54, 1.807) is 0 Å². The van der Waals surface area contributed by atoms with Crippen molar-refractivity contribution in [3.63, 3.8) is 0 Å². The van der Waals surface area contributed by atoms with Gasteiger partial charge in [-0.2, -0.15) is 0 Å². The monoisotopic (exact) mass is 194 g/mol. The van der Waals surface area contributed by atoms with Gasteiger partial charge in [-0.05, 0) is 6.92 Å². The van der Waals surface area contributed by atoms with E-state index >= 15 is 0 Å². The number of aliphatic hydroxyl groups is 1. The van der Waals surface area contributed by atoms with Gasteiger partial charge in [-0.15, -0.1) is 0 Å². The van der Waals surface area contributed by atoms with Crippen LogP contribution in [0.15, 0.2) is 0 Å². The molecule has 4 heteroatoms. The minimum atomic E-state index is 0.153. The smallest absolute Gasteiger partial charge is 0.0609 e. The van der Waals surface area contributed by atoms with E-state index in [2.05, 4.69) is 33.7 Å². The molecule has 0 aromatic carbocycles. The second-order valence-corrected chi connectivity index (χ2v) is 3.37. The highest BCUT2D eigenvalue weighted by Gasteiger charge is 2.29. The van der Waals surface area contributed by atoms with Gasteiger partial charge in [-0.3, -0.25) is 10.9 Å². The van der Waals surface area contributed by atoms with Crippen molar-refractivity contribution in [1.29, 1.82) is 0 Å². The van der Waals surface area contributed by atoms with Crippen LogP contribution in [0.3, 0.4) is 0 Å². The summed E-state index contributed by atoms with van der Waals surface area (Å²) >= 11 is 3.45. The highest BCUT2D eigenvalue weighted by molar-refractivity contribution is 9.09. The second-order valence-electron chi connectivity index (χ2n) is 2.31. The van der Waals surface area contributed by atoms with Gasteiger partial charge < -0.3 is 5.11 Å². The fourth-order valence-corrected chi connectivity index (χ4v) is 1.32. The Labute approximate surface area is 62.9 Å². The number of rotatable bonds is 1. The molecule has 0 spiro atoms. The van der Waals surface area contributed by atoms with Crippen LogP contribution in [0.5, 0.6) is 0 Å². The van der Waals surface area contributed by atoms with E-state index in [4.69, 9.17) is 5.11 Å². The van der Waals surface area contributed by atoms with Gasteiger partial charge in [0.25, 0.3) is 0 Å². The maximum atomic E-state index is 8.72. The van der Waals surface area contributed by atoms with E-state index < -0.39 is 0 Å². The third kappa shape index (κ3) is 1.43. The molecule has 1 aliphatic rings. The van der Waals surface area contributed by atoms with Crippen molar-refractivity contribution in [2.24, 2.45) is 0 Å². The van der Waals surface area contributed by atoms with E-state index in [0.717, 1.165) is 0 Å². The minimum Gasteiger partial charge on any atom is -0.395 e. The highest BCUT2D eigenvalue weighted by atomic mass is 79.9. The lowest BCUT2D eigenvalue weighted by molar-refractivity contribution is 0.254. The summed E-state index contributed by atoms with van der Waals surface area (Å²) < 4.78 is 0. The zero-order valence-electron chi connectivity index (χ0n) is 5.26. The number of hydrogen-bond acceptors (Lipinski definition) is 3. The standard InChI is InChI=1S/C5H11BrN2O/c1-3-5(6)4(2-9)8-7-3/h3-5,7-9H,2H2,1H3.